The van der Waals surface area contributed by atoms with E-state index in [0.717, 1.165) is 13.1 Å². The molecule has 0 saturated heterocycles. The smallest absolute Gasteiger partial charge is 0.194 e. The molecule has 0 bridgehead atoms. The van der Waals surface area contributed by atoms with E-state index in [-0.39, 0.29) is 0 Å². The molecule has 2 nitrogen and oxygen atoms in total. The van der Waals surface area contributed by atoms with Gasteiger partial charge in [-0.15, -0.1) is 0 Å². The minimum atomic E-state index is 1.06. The van der Waals surface area contributed by atoms with Gasteiger partial charge in [-0.25, -0.2) is 4.99 Å². The highest BCUT2D eigenvalue weighted by atomic mass is 15.0. The first-order valence-corrected chi connectivity index (χ1v) is 3.30. The van der Waals surface area contributed by atoms with Crippen molar-refractivity contribution in [2.45, 2.75) is 19.8 Å². The first-order valence-electron chi connectivity index (χ1n) is 3.30. The van der Waals surface area contributed by atoms with Crippen molar-refractivity contribution in [2.24, 2.45) is 4.99 Å². The van der Waals surface area contributed by atoms with Gasteiger partial charge in [-0.3, -0.25) is 0 Å². The molecule has 1 aliphatic heterocycles. The molecule has 0 saturated carbocycles. The summed E-state index contributed by atoms with van der Waals surface area (Å²) in [6.07, 6.45) is 2.49. The number of aliphatic imine (C=N–C) groups is 1. The molecular formula is C6H13N2+. The third kappa shape index (κ3) is 1.30. The highest BCUT2D eigenvalue weighted by Crippen LogP contribution is 1.96. The van der Waals surface area contributed by atoms with Crippen molar-refractivity contribution in [3.63, 3.8) is 0 Å². The number of nitrogens with two attached hydrogens (primary N) is 1. The van der Waals surface area contributed by atoms with Crippen LogP contribution in [-0.2, 0) is 0 Å². The summed E-state index contributed by atoms with van der Waals surface area (Å²) in [5.41, 5.74) is 0. The Kier molecular flexibility index (Phi) is 2.03. The predicted octanol–water partition coefficient (Wildman–Crippen LogP) is -0.238. The van der Waals surface area contributed by atoms with Crippen LogP contribution in [0.4, 0.5) is 0 Å². The van der Waals surface area contributed by atoms with Crippen LogP contribution in [0.25, 0.3) is 0 Å². The van der Waals surface area contributed by atoms with Crippen LogP contribution in [-0.4, -0.2) is 18.9 Å². The minimum absolute atomic E-state index is 1.06. The highest BCUT2D eigenvalue weighted by Gasteiger charge is 2.06. The first kappa shape index (κ1) is 5.76. The second-order valence-corrected chi connectivity index (χ2v) is 2.09. The van der Waals surface area contributed by atoms with E-state index in [1.807, 2.05) is 0 Å². The Hall–Kier alpha value is -0.370. The van der Waals surface area contributed by atoms with Crippen LogP contribution >= 0.6 is 0 Å². The van der Waals surface area contributed by atoms with Gasteiger partial charge in [0.1, 0.15) is 0 Å². The normalized spacial score (nSPS) is 18.9. The van der Waals surface area contributed by atoms with Gasteiger partial charge in [-0.2, -0.15) is 0 Å². The predicted molar refractivity (Wildman–Crippen MR) is 34.0 cm³/mol. The molecule has 2 N–H and O–H groups in total. The van der Waals surface area contributed by atoms with Crippen LogP contribution in [0.3, 0.4) is 0 Å². The maximum Gasteiger partial charge on any atom is 0.194 e. The lowest BCUT2D eigenvalue weighted by Crippen LogP contribution is -2.87. The molecule has 0 radical (unpaired) electrons. The fourth-order valence-corrected chi connectivity index (χ4v) is 0.964. The van der Waals surface area contributed by atoms with Crippen molar-refractivity contribution in [1.29, 1.82) is 0 Å². The molecule has 0 fully saturated rings. The van der Waals surface area contributed by atoms with E-state index < -0.39 is 0 Å². The maximum atomic E-state index is 4.29. The van der Waals surface area contributed by atoms with Gasteiger partial charge in [0.05, 0.1) is 6.54 Å². The fourth-order valence-electron chi connectivity index (χ4n) is 0.964. The zero-order valence-electron chi connectivity index (χ0n) is 5.35. The van der Waals surface area contributed by atoms with Crippen LogP contribution < -0.4 is 5.32 Å². The third-order valence-corrected chi connectivity index (χ3v) is 1.35. The largest absolute Gasteiger partial charge is 0.302 e. The summed E-state index contributed by atoms with van der Waals surface area (Å²) in [7, 11) is 0. The lowest BCUT2D eigenvalue weighted by atomic mass is 10.3. The van der Waals surface area contributed by atoms with Crippen molar-refractivity contribution in [3.05, 3.63) is 0 Å². The monoisotopic (exact) mass is 113 g/mol. The molecule has 0 aromatic rings. The van der Waals surface area contributed by atoms with Gasteiger partial charge in [-0.1, -0.05) is 0 Å². The summed E-state index contributed by atoms with van der Waals surface area (Å²) in [6, 6.07) is 0. The minimum Gasteiger partial charge on any atom is -0.302 e. The van der Waals surface area contributed by atoms with Crippen molar-refractivity contribution in [2.75, 3.05) is 13.1 Å². The van der Waals surface area contributed by atoms with Gasteiger partial charge >= 0.3 is 0 Å². The highest BCUT2D eigenvalue weighted by molar-refractivity contribution is 5.73. The summed E-state index contributed by atoms with van der Waals surface area (Å²) in [4.78, 5) is 4.29. The zero-order valence-corrected chi connectivity index (χ0v) is 5.35. The third-order valence-electron chi connectivity index (χ3n) is 1.35. The molecule has 0 aromatic heterocycles. The number of hydrogen-bond donors (Lipinski definition) is 1. The number of hydrogen-bond acceptors (Lipinski definition) is 1. The van der Waals surface area contributed by atoms with E-state index in [2.05, 4.69) is 17.2 Å². The summed E-state index contributed by atoms with van der Waals surface area (Å²) in [6.45, 7) is 4.35. The van der Waals surface area contributed by atoms with E-state index >= 15 is 0 Å². The average molecular weight is 113 g/mol. The van der Waals surface area contributed by atoms with Gasteiger partial charge < -0.3 is 5.32 Å². The van der Waals surface area contributed by atoms with Gasteiger partial charge in [0.2, 0.25) is 0 Å². The molecular weight excluding hydrogens is 100 g/mol. The summed E-state index contributed by atoms with van der Waals surface area (Å²) in [5.74, 6) is 1.33. The second-order valence-electron chi connectivity index (χ2n) is 2.09. The van der Waals surface area contributed by atoms with Crippen LogP contribution in [0.15, 0.2) is 4.99 Å². The Morgan fingerprint density at radius 2 is 2.62 bits per heavy atom. The van der Waals surface area contributed by atoms with Gasteiger partial charge in [-0.05, 0) is 13.3 Å². The fraction of sp³-hybridized carbons (Fsp3) is 0.833. The van der Waals surface area contributed by atoms with Crippen LogP contribution in [0, 0.1) is 0 Å². The Balaban J connectivity index is 2.23. The molecule has 8 heavy (non-hydrogen) atoms. The SMILES string of the molecule is CC[NH2+]C1=NCCC1. The summed E-state index contributed by atoms with van der Waals surface area (Å²) >= 11 is 0. The van der Waals surface area contributed by atoms with E-state index in [1.165, 1.54) is 18.7 Å². The second kappa shape index (κ2) is 2.82. The maximum absolute atomic E-state index is 4.29. The lowest BCUT2D eigenvalue weighted by molar-refractivity contribution is -0.537. The number of nitrogens with zero attached hydrogens (tertiary/aromatic N) is 1. The molecule has 0 unspecified atom stereocenters. The van der Waals surface area contributed by atoms with Crippen LogP contribution in [0.5, 0.6) is 0 Å². The number of rotatable bonds is 1. The molecule has 0 aromatic carbocycles. The molecule has 1 heterocycles. The summed E-state index contributed by atoms with van der Waals surface area (Å²) < 4.78 is 0. The van der Waals surface area contributed by atoms with Crippen molar-refractivity contribution < 1.29 is 5.32 Å². The molecule has 1 rings (SSSR count). The molecule has 46 valence electrons. The number of quaternary nitrogens is 1. The van der Waals surface area contributed by atoms with Crippen molar-refractivity contribution >= 4 is 5.84 Å². The van der Waals surface area contributed by atoms with E-state index in [1.54, 1.807) is 0 Å². The van der Waals surface area contributed by atoms with E-state index in [9.17, 15) is 0 Å². The topological polar surface area (TPSA) is 29.0 Å². The van der Waals surface area contributed by atoms with Gasteiger partial charge in [0, 0.05) is 13.0 Å². The molecule has 2 heteroatoms. The molecule has 0 atom stereocenters. The molecule has 0 aliphatic carbocycles. The summed E-state index contributed by atoms with van der Waals surface area (Å²) in [5, 5.41) is 2.22. The molecule has 0 amide bonds. The average Bonchev–Trinajstić information content (AvgIpc) is 2.19. The Morgan fingerprint density at radius 1 is 1.75 bits per heavy atom. The van der Waals surface area contributed by atoms with E-state index in [0.29, 0.717) is 0 Å². The Labute approximate surface area is 50.0 Å². The lowest BCUT2D eigenvalue weighted by Gasteiger charge is -1.90. The van der Waals surface area contributed by atoms with Crippen molar-refractivity contribution in [1.82, 2.24) is 0 Å². The Morgan fingerprint density at radius 3 is 3.12 bits per heavy atom. The van der Waals surface area contributed by atoms with Crippen LogP contribution in [0.2, 0.25) is 0 Å². The van der Waals surface area contributed by atoms with Crippen molar-refractivity contribution in [3.8, 4) is 0 Å². The molecule has 1 aliphatic rings. The molecule has 0 spiro atoms. The van der Waals surface area contributed by atoms with E-state index in [4.69, 9.17) is 0 Å². The van der Waals surface area contributed by atoms with Crippen LogP contribution in [0.1, 0.15) is 19.8 Å². The standard InChI is InChI=1S/C6H12N2/c1-2-7-6-4-3-5-8-6/h2-5H2,1H3,(H,7,8)/p+1. The first-order chi connectivity index (χ1) is 3.93. The Bertz CT molecular complexity index is 96.7. The number of amidine groups is 1. The van der Waals surface area contributed by atoms with Gasteiger partial charge in [0.25, 0.3) is 0 Å². The zero-order chi connectivity index (χ0) is 5.82. The van der Waals surface area contributed by atoms with Gasteiger partial charge in [0.15, 0.2) is 5.84 Å². The quantitative estimate of drug-likeness (QED) is 0.486.